The van der Waals surface area contributed by atoms with Gasteiger partial charge < -0.3 is 10.4 Å². The molecule has 14 heavy (non-hydrogen) atoms. The zero-order valence-electron chi connectivity index (χ0n) is 8.32. The number of nitrogens with one attached hydrogen (secondary N) is 1. The predicted molar refractivity (Wildman–Crippen MR) is 50.9 cm³/mol. The highest BCUT2D eigenvalue weighted by atomic mass is 16.4. The number of hydrogen-bond donors (Lipinski definition) is 2. The van der Waals surface area contributed by atoms with Crippen LogP contribution in [0.2, 0.25) is 0 Å². The molecule has 80 valence electrons. The monoisotopic (exact) mass is 200 g/mol. The van der Waals surface area contributed by atoms with Crippen LogP contribution in [0.1, 0.15) is 19.8 Å². The highest BCUT2D eigenvalue weighted by Crippen LogP contribution is 2.15. The van der Waals surface area contributed by atoms with Crippen molar-refractivity contribution in [2.75, 3.05) is 19.6 Å². The fraction of sp³-hybridized carbons (Fsp3) is 0.778. The molecule has 0 aromatic heterocycles. The Bertz CT molecular complexity index is 230. The zero-order valence-corrected chi connectivity index (χ0v) is 8.32. The van der Waals surface area contributed by atoms with Crippen molar-refractivity contribution in [1.82, 2.24) is 10.2 Å². The fourth-order valence-corrected chi connectivity index (χ4v) is 1.83. The van der Waals surface area contributed by atoms with Crippen LogP contribution in [0.25, 0.3) is 0 Å². The van der Waals surface area contributed by atoms with E-state index >= 15 is 0 Å². The summed E-state index contributed by atoms with van der Waals surface area (Å²) in [6, 6.07) is 0.309. The number of amides is 1. The van der Waals surface area contributed by atoms with E-state index in [-0.39, 0.29) is 0 Å². The summed E-state index contributed by atoms with van der Waals surface area (Å²) in [7, 11) is 0. The van der Waals surface area contributed by atoms with E-state index in [1.54, 1.807) is 0 Å². The molecule has 0 spiro atoms. The number of likely N-dealkylation sites (tertiary alicyclic amines) is 1. The van der Waals surface area contributed by atoms with E-state index in [1.165, 1.54) is 0 Å². The lowest BCUT2D eigenvalue weighted by Gasteiger charge is -2.22. The van der Waals surface area contributed by atoms with Gasteiger partial charge in [-0.1, -0.05) is 6.92 Å². The molecule has 1 unspecified atom stereocenters. The maximum atomic E-state index is 10.8. The van der Waals surface area contributed by atoms with Crippen molar-refractivity contribution in [2.24, 2.45) is 0 Å². The van der Waals surface area contributed by atoms with E-state index in [9.17, 15) is 9.59 Å². The van der Waals surface area contributed by atoms with Gasteiger partial charge in [-0.15, -0.1) is 0 Å². The molecule has 0 radical (unpaired) electrons. The lowest BCUT2D eigenvalue weighted by atomic mass is 10.2. The van der Waals surface area contributed by atoms with Crippen LogP contribution >= 0.6 is 0 Å². The van der Waals surface area contributed by atoms with E-state index in [0.29, 0.717) is 12.6 Å². The Morgan fingerprint density at radius 3 is 2.86 bits per heavy atom. The Labute approximate surface area is 83.1 Å². The highest BCUT2D eigenvalue weighted by molar-refractivity contribution is 6.31. The van der Waals surface area contributed by atoms with E-state index in [1.807, 2.05) is 0 Å². The molecule has 1 atom stereocenters. The second kappa shape index (κ2) is 4.95. The third-order valence-corrected chi connectivity index (χ3v) is 2.60. The van der Waals surface area contributed by atoms with E-state index < -0.39 is 11.9 Å². The molecular formula is C9H16N2O3. The summed E-state index contributed by atoms with van der Waals surface area (Å²) in [5, 5.41) is 10.8. The molecule has 1 heterocycles. The highest BCUT2D eigenvalue weighted by Gasteiger charge is 2.23. The van der Waals surface area contributed by atoms with E-state index in [4.69, 9.17) is 5.11 Å². The Kier molecular flexibility index (Phi) is 3.88. The lowest BCUT2D eigenvalue weighted by molar-refractivity contribution is -0.150. The summed E-state index contributed by atoms with van der Waals surface area (Å²) in [6.45, 7) is 4.51. The molecular weight excluding hydrogens is 184 g/mol. The van der Waals surface area contributed by atoms with Gasteiger partial charge in [0.2, 0.25) is 0 Å². The number of carboxylic acid groups (broad SMARTS) is 1. The standard InChI is InChI=1S/C9H16N2O3/c1-2-11-5-3-4-7(11)6-10-8(12)9(13)14/h7H,2-6H2,1H3,(H,10,12)(H,13,14). The molecule has 5 heteroatoms. The third kappa shape index (κ3) is 2.70. The number of carbonyl (C=O) groups is 2. The number of aliphatic carboxylic acids is 1. The average molecular weight is 200 g/mol. The van der Waals surface area contributed by atoms with Gasteiger partial charge in [0.05, 0.1) is 0 Å². The Balaban J connectivity index is 2.30. The van der Waals surface area contributed by atoms with Crippen molar-refractivity contribution in [1.29, 1.82) is 0 Å². The topological polar surface area (TPSA) is 69.6 Å². The predicted octanol–water partition coefficient (Wildman–Crippen LogP) is -0.328. The maximum Gasteiger partial charge on any atom is 0.394 e. The number of rotatable bonds is 3. The molecule has 1 amide bonds. The molecule has 1 rings (SSSR count). The number of carbonyl (C=O) groups excluding carboxylic acids is 1. The molecule has 0 aromatic carbocycles. The minimum absolute atomic E-state index is 0.309. The SMILES string of the molecule is CCN1CCCC1CNC(=O)C(=O)O. The van der Waals surface area contributed by atoms with Crippen LogP contribution < -0.4 is 5.32 Å². The van der Waals surface area contributed by atoms with Gasteiger partial charge in [-0.3, -0.25) is 9.69 Å². The first-order valence-electron chi connectivity index (χ1n) is 4.90. The van der Waals surface area contributed by atoms with Gasteiger partial charge in [-0.05, 0) is 25.9 Å². The van der Waals surface area contributed by atoms with Crippen LogP contribution in [-0.4, -0.2) is 47.6 Å². The molecule has 1 aliphatic heterocycles. The smallest absolute Gasteiger partial charge is 0.394 e. The summed E-state index contributed by atoms with van der Waals surface area (Å²) in [5.74, 6) is -2.32. The first kappa shape index (κ1) is 11.0. The van der Waals surface area contributed by atoms with Crippen LogP contribution in [-0.2, 0) is 9.59 Å². The van der Waals surface area contributed by atoms with Crippen molar-refractivity contribution < 1.29 is 14.7 Å². The number of carboxylic acids is 1. The summed E-state index contributed by atoms with van der Waals surface area (Å²) in [6.07, 6.45) is 2.16. The minimum atomic E-state index is -1.41. The fourth-order valence-electron chi connectivity index (χ4n) is 1.83. The normalized spacial score (nSPS) is 22.2. The van der Waals surface area contributed by atoms with Crippen LogP contribution in [0.15, 0.2) is 0 Å². The van der Waals surface area contributed by atoms with Gasteiger partial charge >= 0.3 is 11.9 Å². The Morgan fingerprint density at radius 1 is 1.57 bits per heavy atom. The Hall–Kier alpha value is -1.10. The summed E-state index contributed by atoms with van der Waals surface area (Å²) in [4.78, 5) is 23.2. The molecule has 1 aliphatic rings. The van der Waals surface area contributed by atoms with Gasteiger partial charge in [-0.25, -0.2) is 4.79 Å². The van der Waals surface area contributed by atoms with Gasteiger partial charge in [0, 0.05) is 12.6 Å². The number of nitrogens with zero attached hydrogens (tertiary/aromatic N) is 1. The molecule has 2 N–H and O–H groups in total. The first-order valence-corrected chi connectivity index (χ1v) is 4.90. The van der Waals surface area contributed by atoms with Crippen molar-refractivity contribution in [3.8, 4) is 0 Å². The number of likely N-dealkylation sites (N-methyl/N-ethyl adjacent to an activating group) is 1. The molecule has 0 aliphatic carbocycles. The molecule has 5 nitrogen and oxygen atoms in total. The molecule has 0 saturated carbocycles. The summed E-state index contributed by atoms with van der Waals surface area (Å²) >= 11 is 0. The first-order chi connectivity index (χ1) is 6.65. The quantitative estimate of drug-likeness (QED) is 0.612. The maximum absolute atomic E-state index is 10.8. The molecule has 0 aromatic rings. The largest absolute Gasteiger partial charge is 0.474 e. The summed E-state index contributed by atoms with van der Waals surface area (Å²) < 4.78 is 0. The second-order valence-electron chi connectivity index (χ2n) is 3.44. The van der Waals surface area contributed by atoms with Crippen molar-refractivity contribution in [2.45, 2.75) is 25.8 Å². The van der Waals surface area contributed by atoms with Crippen molar-refractivity contribution in [3.05, 3.63) is 0 Å². The van der Waals surface area contributed by atoms with Crippen molar-refractivity contribution in [3.63, 3.8) is 0 Å². The van der Waals surface area contributed by atoms with E-state index in [2.05, 4.69) is 17.1 Å². The second-order valence-corrected chi connectivity index (χ2v) is 3.44. The summed E-state index contributed by atoms with van der Waals surface area (Å²) in [5.41, 5.74) is 0. The van der Waals surface area contributed by atoms with Crippen LogP contribution in [0, 0.1) is 0 Å². The van der Waals surface area contributed by atoms with Crippen LogP contribution in [0.4, 0.5) is 0 Å². The number of hydrogen-bond acceptors (Lipinski definition) is 3. The van der Waals surface area contributed by atoms with Gasteiger partial charge in [0.15, 0.2) is 0 Å². The third-order valence-electron chi connectivity index (χ3n) is 2.60. The van der Waals surface area contributed by atoms with Crippen LogP contribution in [0.5, 0.6) is 0 Å². The average Bonchev–Trinajstić information content (AvgIpc) is 2.60. The lowest BCUT2D eigenvalue weighted by Crippen LogP contribution is -2.42. The van der Waals surface area contributed by atoms with Gasteiger partial charge in [-0.2, -0.15) is 0 Å². The molecule has 1 saturated heterocycles. The minimum Gasteiger partial charge on any atom is -0.474 e. The molecule has 0 bridgehead atoms. The van der Waals surface area contributed by atoms with Crippen LogP contribution in [0.3, 0.4) is 0 Å². The van der Waals surface area contributed by atoms with E-state index in [0.717, 1.165) is 25.9 Å². The van der Waals surface area contributed by atoms with Gasteiger partial charge in [0.1, 0.15) is 0 Å². The van der Waals surface area contributed by atoms with Crippen molar-refractivity contribution >= 4 is 11.9 Å². The zero-order chi connectivity index (χ0) is 10.6. The molecule has 1 fully saturated rings. The Morgan fingerprint density at radius 2 is 2.29 bits per heavy atom. The van der Waals surface area contributed by atoms with Gasteiger partial charge in [0.25, 0.3) is 0 Å².